The highest BCUT2D eigenvalue weighted by Gasteiger charge is 2.32. The quantitative estimate of drug-likeness (QED) is 0.233. The summed E-state index contributed by atoms with van der Waals surface area (Å²) in [4.78, 5) is 18.8. The second kappa shape index (κ2) is 14.3. The summed E-state index contributed by atoms with van der Waals surface area (Å²) in [5.74, 6) is 1.32. The highest BCUT2D eigenvalue weighted by atomic mass is 127. The zero-order valence-electron chi connectivity index (χ0n) is 17.9. The Morgan fingerprint density at radius 3 is 2.26 bits per heavy atom. The van der Waals surface area contributed by atoms with E-state index < -0.39 is 0 Å². The first-order valence-electron chi connectivity index (χ1n) is 10.1. The van der Waals surface area contributed by atoms with Crippen LogP contribution in [-0.4, -0.2) is 67.9 Å². The molecule has 1 saturated carbocycles. The highest BCUT2D eigenvalue weighted by Crippen LogP contribution is 2.32. The molecule has 1 amide bonds. The van der Waals surface area contributed by atoms with Gasteiger partial charge in [0.1, 0.15) is 0 Å². The number of hydrogen-bond donors (Lipinski definition) is 3. The SMILES string of the molecule is CCNC(=NCC(NC(=O)OCC)C1CC1)NCCN(C(C)C)C(C)C.I. The molecule has 1 atom stereocenters. The average molecular weight is 497 g/mol. The van der Waals surface area contributed by atoms with Gasteiger partial charge in [0.2, 0.25) is 0 Å². The molecule has 0 aliphatic heterocycles. The lowest BCUT2D eigenvalue weighted by atomic mass is 10.2. The Hall–Kier alpha value is -0.770. The van der Waals surface area contributed by atoms with E-state index in [9.17, 15) is 4.79 Å². The zero-order chi connectivity index (χ0) is 19.5. The van der Waals surface area contributed by atoms with Gasteiger partial charge in [-0.05, 0) is 60.3 Å². The number of ether oxygens (including phenoxy) is 1. The lowest BCUT2D eigenvalue weighted by Crippen LogP contribution is -2.46. The Labute approximate surface area is 182 Å². The van der Waals surface area contributed by atoms with Crippen LogP contribution in [0.2, 0.25) is 0 Å². The lowest BCUT2D eigenvalue weighted by molar-refractivity contribution is 0.147. The first-order valence-corrected chi connectivity index (χ1v) is 10.1. The van der Waals surface area contributed by atoms with Gasteiger partial charge in [0.05, 0.1) is 19.2 Å². The van der Waals surface area contributed by atoms with Crippen molar-refractivity contribution in [2.45, 2.75) is 72.5 Å². The minimum Gasteiger partial charge on any atom is -0.450 e. The molecule has 0 bridgehead atoms. The van der Waals surface area contributed by atoms with Gasteiger partial charge in [-0.3, -0.25) is 9.89 Å². The van der Waals surface area contributed by atoms with E-state index in [0.29, 0.717) is 31.2 Å². The fourth-order valence-corrected chi connectivity index (χ4v) is 3.08. The summed E-state index contributed by atoms with van der Waals surface area (Å²) in [5.41, 5.74) is 0. The van der Waals surface area contributed by atoms with Gasteiger partial charge in [-0.25, -0.2) is 4.79 Å². The van der Waals surface area contributed by atoms with E-state index in [1.807, 2.05) is 6.92 Å². The van der Waals surface area contributed by atoms with E-state index in [1.54, 1.807) is 0 Å². The minimum absolute atomic E-state index is 0. The fraction of sp³-hybridized carbons (Fsp3) is 0.895. The van der Waals surface area contributed by atoms with Gasteiger partial charge in [0.25, 0.3) is 0 Å². The van der Waals surface area contributed by atoms with Crippen LogP contribution in [0.4, 0.5) is 4.79 Å². The van der Waals surface area contributed by atoms with Gasteiger partial charge in [0.15, 0.2) is 5.96 Å². The Balaban J connectivity index is 0.00000676. The third kappa shape index (κ3) is 11.0. The number of amides is 1. The van der Waals surface area contributed by atoms with Crippen molar-refractivity contribution in [1.82, 2.24) is 20.9 Å². The van der Waals surface area contributed by atoms with Crippen molar-refractivity contribution in [3.63, 3.8) is 0 Å². The van der Waals surface area contributed by atoms with Crippen LogP contribution in [0.5, 0.6) is 0 Å². The first kappa shape index (κ1) is 26.2. The normalized spacial score (nSPS) is 15.5. The maximum absolute atomic E-state index is 11.7. The monoisotopic (exact) mass is 497 g/mol. The maximum Gasteiger partial charge on any atom is 0.407 e. The van der Waals surface area contributed by atoms with Crippen LogP contribution in [0.3, 0.4) is 0 Å². The molecule has 7 nitrogen and oxygen atoms in total. The Morgan fingerprint density at radius 2 is 1.78 bits per heavy atom. The molecule has 0 radical (unpaired) electrons. The van der Waals surface area contributed by atoms with Crippen LogP contribution in [0, 0.1) is 5.92 Å². The molecule has 0 aromatic heterocycles. The number of carbonyl (C=O) groups excluding carboxylic acids is 1. The smallest absolute Gasteiger partial charge is 0.407 e. The predicted molar refractivity (Wildman–Crippen MR) is 123 cm³/mol. The van der Waals surface area contributed by atoms with Crippen LogP contribution in [-0.2, 0) is 4.74 Å². The third-order valence-electron chi connectivity index (χ3n) is 4.55. The number of nitrogens with zero attached hydrogens (tertiary/aromatic N) is 2. The molecule has 1 fully saturated rings. The van der Waals surface area contributed by atoms with Gasteiger partial charge in [-0.2, -0.15) is 0 Å². The van der Waals surface area contributed by atoms with E-state index in [2.05, 4.69) is 60.5 Å². The average Bonchev–Trinajstić information content (AvgIpc) is 3.39. The van der Waals surface area contributed by atoms with Crippen molar-refractivity contribution in [3.05, 3.63) is 0 Å². The van der Waals surface area contributed by atoms with Gasteiger partial charge < -0.3 is 20.7 Å². The molecule has 1 aliphatic carbocycles. The number of carbonyl (C=O) groups is 1. The van der Waals surface area contributed by atoms with Crippen LogP contribution >= 0.6 is 24.0 Å². The van der Waals surface area contributed by atoms with Crippen molar-refractivity contribution in [2.24, 2.45) is 10.9 Å². The van der Waals surface area contributed by atoms with Crippen LogP contribution < -0.4 is 16.0 Å². The molecule has 0 saturated heterocycles. The van der Waals surface area contributed by atoms with Crippen molar-refractivity contribution in [1.29, 1.82) is 0 Å². The summed E-state index contributed by atoms with van der Waals surface area (Å²) in [6.45, 7) is 16.3. The molecule has 3 N–H and O–H groups in total. The Morgan fingerprint density at radius 1 is 1.15 bits per heavy atom. The lowest BCUT2D eigenvalue weighted by Gasteiger charge is -2.30. The molecule has 1 aliphatic rings. The molecule has 0 aromatic carbocycles. The molecule has 0 aromatic rings. The summed E-state index contributed by atoms with van der Waals surface area (Å²) in [7, 11) is 0. The van der Waals surface area contributed by atoms with Crippen LogP contribution in [0.15, 0.2) is 4.99 Å². The van der Waals surface area contributed by atoms with E-state index in [1.165, 1.54) is 0 Å². The zero-order valence-corrected chi connectivity index (χ0v) is 20.2. The van der Waals surface area contributed by atoms with Crippen molar-refractivity contribution < 1.29 is 9.53 Å². The summed E-state index contributed by atoms with van der Waals surface area (Å²) in [5, 5.41) is 9.64. The van der Waals surface area contributed by atoms with Gasteiger partial charge >= 0.3 is 6.09 Å². The Bertz CT molecular complexity index is 434. The number of rotatable bonds is 11. The second-order valence-corrected chi connectivity index (χ2v) is 7.38. The molecule has 1 unspecified atom stereocenters. The molecule has 27 heavy (non-hydrogen) atoms. The molecule has 0 heterocycles. The second-order valence-electron chi connectivity index (χ2n) is 7.38. The van der Waals surface area contributed by atoms with E-state index in [0.717, 1.165) is 38.4 Å². The van der Waals surface area contributed by atoms with E-state index in [-0.39, 0.29) is 36.1 Å². The molecule has 0 spiro atoms. The summed E-state index contributed by atoms with van der Waals surface area (Å²) >= 11 is 0. The first-order chi connectivity index (χ1) is 12.4. The molecular weight excluding hydrogens is 457 g/mol. The largest absolute Gasteiger partial charge is 0.450 e. The van der Waals surface area contributed by atoms with Crippen molar-refractivity contribution in [2.75, 3.05) is 32.8 Å². The number of nitrogens with one attached hydrogen (secondary N) is 3. The third-order valence-corrected chi connectivity index (χ3v) is 4.55. The highest BCUT2D eigenvalue weighted by molar-refractivity contribution is 14.0. The number of alkyl carbamates (subject to hydrolysis) is 1. The molecule has 1 rings (SSSR count). The maximum atomic E-state index is 11.7. The number of halogens is 1. The fourth-order valence-electron chi connectivity index (χ4n) is 3.08. The van der Waals surface area contributed by atoms with E-state index in [4.69, 9.17) is 4.74 Å². The van der Waals surface area contributed by atoms with Crippen molar-refractivity contribution >= 4 is 36.0 Å². The standard InChI is InChI=1S/C19H39N5O2.HI/c1-7-20-18(21-11-12-24(14(3)4)15(5)6)22-13-17(16-9-10-16)23-19(25)26-8-2;/h14-17H,7-13H2,1-6H3,(H,23,25)(H2,20,21,22);1H. The Kier molecular flexibility index (Phi) is 13.9. The predicted octanol–water partition coefficient (Wildman–Crippen LogP) is 2.80. The number of hydrogen-bond acceptors (Lipinski definition) is 4. The summed E-state index contributed by atoms with van der Waals surface area (Å²) in [6, 6.07) is 1.08. The molecule has 160 valence electrons. The molecule has 8 heteroatoms. The van der Waals surface area contributed by atoms with Crippen molar-refractivity contribution in [3.8, 4) is 0 Å². The van der Waals surface area contributed by atoms with Crippen LogP contribution in [0.25, 0.3) is 0 Å². The minimum atomic E-state index is -0.345. The topological polar surface area (TPSA) is 78.0 Å². The van der Waals surface area contributed by atoms with E-state index >= 15 is 0 Å². The number of aliphatic imine (C=N–C) groups is 1. The molecular formula is C19H40IN5O2. The van der Waals surface area contributed by atoms with Gasteiger partial charge in [-0.15, -0.1) is 24.0 Å². The number of guanidine groups is 1. The van der Waals surface area contributed by atoms with Crippen LogP contribution in [0.1, 0.15) is 54.4 Å². The summed E-state index contributed by atoms with van der Waals surface area (Å²) < 4.78 is 5.01. The van der Waals surface area contributed by atoms with Gasteiger partial charge in [-0.1, -0.05) is 0 Å². The summed E-state index contributed by atoms with van der Waals surface area (Å²) in [6.07, 6.45) is 1.95. The van der Waals surface area contributed by atoms with Gasteiger partial charge in [0, 0.05) is 31.7 Å².